The number of aliphatic hydroxyl groups is 1. The van der Waals surface area contributed by atoms with Gasteiger partial charge in [-0.15, -0.1) is 0 Å². The molecule has 0 amide bonds. The molecule has 1 saturated heterocycles. The van der Waals surface area contributed by atoms with E-state index in [4.69, 9.17) is 0 Å². The summed E-state index contributed by atoms with van der Waals surface area (Å²) in [5.41, 5.74) is 0. The molecule has 0 spiro atoms. The van der Waals surface area contributed by atoms with Crippen molar-refractivity contribution in [2.75, 3.05) is 19.6 Å². The highest BCUT2D eigenvalue weighted by atomic mass is 16.3. The van der Waals surface area contributed by atoms with Gasteiger partial charge in [0.2, 0.25) is 0 Å². The first kappa shape index (κ1) is 12.9. The zero-order valence-corrected chi connectivity index (χ0v) is 10.4. The van der Waals surface area contributed by atoms with Gasteiger partial charge in [-0.1, -0.05) is 6.92 Å². The van der Waals surface area contributed by atoms with Gasteiger partial charge in [0.05, 0.1) is 6.10 Å². The van der Waals surface area contributed by atoms with Gasteiger partial charge in [0, 0.05) is 12.1 Å². The highest BCUT2D eigenvalue weighted by Crippen LogP contribution is 2.11. The molecule has 3 nitrogen and oxygen atoms in total. The van der Waals surface area contributed by atoms with E-state index in [1.54, 1.807) is 0 Å². The minimum absolute atomic E-state index is 0.215. The second-order valence-corrected chi connectivity index (χ2v) is 4.81. The van der Waals surface area contributed by atoms with Crippen LogP contribution in [0.5, 0.6) is 0 Å². The summed E-state index contributed by atoms with van der Waals surface area (Å²) in [6.07, 6.45) is 3.44. The minimum atomic E-state index is -0.251. The van der Waals surface area contributed by atoms with E-state index in [1.165, 1.54) is 38.9 Å². The molecule has 0 aliphatic carbocycles. The average molecular weight is 214 g/mol. The predicted molar refractivity (Wildman–Crippen MR) is 64.0 cm³/mol. The Morgan fingerprint density at radius 1 is 1.33 bits per heavy atom. The molecule has 0 aromatic rings. The van der Waals surface area contributed by atoms with Crippen molar-refractivity contribution in [3.63, 3.8) is 0 Å². The fraction of sp³-hybridized carbons (Fsp3) is 1.00. The molecule has 90 valence electrons. The summed E-state index contributed by atoms with van der Waals surface area (Å²) in [6.45, 7) is 9.79. The Morgan fingerprint density at radius 2 is 1.93 bits per heavy atom. The topological polar surface area (TPSA) is 35.5 Å². The van der Waals surface area contributed by atoms with Crippen LogP contribution in [0.25, 0.3) is 0 Å². The third-order valence-electron chi connectivity index (χ3n) is 3.35. The Bertz CT molecular complexity index is 165. The van der Waals surface area contributed by atoms with E-state index in [-0.39, 0.29) is 12.1 Å². The fourth-order valence-electron chi connectivity index (χ4n) is 2.15. The predicted octanol–water partition coefficient (Wildman–Crippen LogP) is 1.22. The molecular formula is C12H26N2O. The van der Waals surface area contributed by atoms with Gasteiger partial charge in [0.1, 0.15) is 0 Å². The van der Waals surface area contributed by atoms with E-state index in [9.17, 15) is 5.11 Å². The van der Waals surface area contributed by atoms with Crippen LogP contribution in [0.4, 0.5) is 0 Å². The van der Waals surface area contributed by atoms with E-state index in [2.05, 4.69) is 24.1 Å². The number of hydrogen-bond donors (Lipinski definition) is 2. The molecule has 15 heavy (non-hydrogen) atoms. The van der Waals surface area contributed by atoms with E-state index >= 15 is 0 Å². The summed E-state index contributed by atoms with van der Waals surface area (Å²) < 4.78 is 0. The van der Waals surface area contributed by atoms with E-state index < -0.39 is 0 Å². The Kier molecular flexibility index (Phi) is 5.58. The Morgan fingerprint density at radius 3 is 2.40 bits per heavy atom. The van der Waals surface area contributed by atoms with Crippen LogP contribution < -0.4 is 5.32 Å². The lowest BCUT2D eigenvalue weighted by atomic mass is 10.0. The highest BCUT2D eigenvalue weighted by Gasteiger charge is 2.20. The van der Waals surface area contributed by atoms with Gasteiger partial charge in [-0.2, -0.15) is 0 Å². The molecule has 1 heterocycles. The number of nitrogens with one attached hydrogen (secondary N) is 1. The largest absolute Gasteiger partial charge is 0.392 e. The third-order valence-corrected chi connectivity index (χ3v) is 3.35. The van der Waals surface area contributed by atoms with Crippen LogP contribution in [0.15, 0.2) is 0 Å². The van der Waals surface area contributed by atoms with Crippen molar-refractivity contribution in [2.24, 2.45) is 0 Å². The quantitative estimate of drug-likeness (QED) is 0.722. The van der Waals surface area contributed by atoms with Crippen LogP contribution >= 0.6 is 0 Å². The molecule has 0 saturated carbocycles. The molecule has 1 aliphatic heterocycles. The van der Waals surface area contributed by atoms with Gasteiger partial charge in [0.15, 0.2) is 0 Å². The van der Waals surface area contributed by atoms with Gasteiger partial charge in [0.25, 0.3) is 0 Å². The number of aliphatic hydroxyl groups excluding tert-OH is 1. The highest BCUT2D eigenvalue weighted by molar-refractivity contribution is 4.80. The van der Waals surface area contributed by atoms with Crippen molar-refractivity contribution in [1.29, 1.82) is 0 Å². The van der Waals surface area contributed by atoms with E-state index in [1.807, 2.05) is 6.92 Å². The first-order valence-electron chi connectivity index (χ1n) is 6.30. The molecule has 1 aliphatic rings. The monoisotopic (exact) mass is 214 g/mol. The SMILES string of the molecule is CCCN1CCC(NC(C)C(C)O)CC1. The summed E-state index contributed by atoms with van der Waals surface area (Å²) in [5, 5.41) is 12.9. The lowest BCUT2D eigenvalue weighted by Crippen LogP contribution is -2.48. The summed E-state index contributed by atoms with van der Waals surface area (Å²) >= 11 is 0. The first-order valence-corrected chi connectivity index (χ1v) is 6.30. The fourth-order valence-corrected chi connectivity index (χ4v) is 2.15. The molecule has 0 bridgehead atoms. The molecule has 1 rings (SSSR count). The van der Waals surface area contributed by atoms with Gasteiger partial charge < -0.3 is 15.3 Å². The van der Waals surface area contributed by atoms with Crippen LogP contribution in [-0.4, -0.2) is 47.8 Å². The zero-order valence-electron chi connectivity index (χ0n) is 10.4. The molecule has 0 aromatic carbocycles. The molecular weight excluding hydrogens is 188 g/mol. The van der Waals surface area contributed by atoms with Crippen LogP contribution in [-0.2, 0) is 0 Å². The lowest BCUT2D eigenvalue weighted by Gasteiger charge is -2.34. The second-order valence-electron chi connectivity index (χ2n) is 4.81. The maximum atomic E-state index is 9.41. The molecule has 0 radical (unpaired) electrons. The summed E-state index contributed by atoms with van der Waals surface area (Å²) in [7, 11) is 0. The standard InChI is InChI=1S/C12H26N2O/c1-4-7-14-8-5-12(6-9-14)13-10(2)11(3)15/h10-13,15H,4-9H2,1-3H3. The molecule has 1 fully saturated rings. The van der Waals surface area contributed by atoms with E-state index in [0.717, 1.165) is 0 Å². The van der Waals surface area contributed by atoms with E-state index in [0.29, 0.717) is 6.04 Å². The van der Waals surface area contributed by atoms with Crippen LogP contribution in [0.3, 0.4) is 0 Å². The van der Waals surface area contributed by atoms with Crippen molar-refractivity contribution in [1.82, 2.24) is 10.2 Å². The maximum Gasteiger partial charge on any atom is 0.0662 e. The van der Waals surface area contributed by atoms with Crippen molar-refractivity contribution < 1.29 is 5.11 Å². The molecule has 2 unspecified atom stereocenters. The first-order chi connectivity index (χ1) is 7.13. The number of piperidine rings is 1. The van der Waals surface area contributed by atoms with Crippen LogP contribution in [0, 0.1) is 0 Å². The van der Waals surface area contributed by atoms with Gasteiger partial charge >= 0.3 is 0 Å². The van der Waals surface area contributed by atoms with Gasteiger partial charge in [-0.3, -0.25) is 0 Å². The number of likely N-dealkylation sites (tertiary alicyclic amines) is 1. The summed E-state index contributed by atoms with van der Waals surface area (Å²) in [5.74, 6) is 0. The van der Waals surface area contributed by atoms with Gasteiger partial charge in [-0.05, 0) is 52.7 Å². The normalized spacial score (nSPS) is 24.0. The smallest absolute Gasteiger partial charge is 0.0662 e. The van der Waals surface area contributed by atoms with Gasteiger partial charge in [-0.25, -0.2) is 0 Å². The third kappa shape index (κ3) is 4.49. The van der Waals surface area contributed by atoms with Crippen molar-refractivity contribution in [2.45, 2.75) is 58.2 Å². The number of rotatable bonds is 5. The molecule has 2 atom stereocenters. The number of nitrogens with zero attached hydrogens (tertiary/aromatic N) is 1. The Balaban J connectivity index is 2.19. The lowest BCUT2D eigenvalue weighted by molar-refractivity contribution is 0.128. The molecule has 0 aromatic heterocycles. The average Bonchev–Trinajstić information content (AvgIpc) is 2.21. The minimum Gasteiger partial charge on any atom is -0.392 e. The molecule has 3 heteroatoms. The maximum absolute atomic E-state index is 9.41. The second kappa shape index (κ2) is 6.46. The summed E-state index contributed by atoms with van der Waals surface area (Å²) in [6, 6.07) is 0.815. The van der Waals surface area contributed by atoms with Crippen molar-refractivity contribution in [3.05, 3.63) is 0 Å². The Hall–Kier alpha value is -0.120. The van der Waals surface area contributed by atoms with Crippen molar-refractivity contribution >= 4 is 0 Å². The Labute approximate surface area is 93.9 Å². The van der Waals surface area contributed by atoms with Crippen LogP contribution in [0.2, 0.25) is 0 Å². The van der Waals surface area contributed by atoms with Crippen molar-refractivity contribution in [3.8, 4) is 0 Å². The molecule has 2 N–H and O–H groups in total. The number of hydrogen-bond acceptors (Lipinski definition) is 3. The summed E-state index contributed by atoms with van der Waals surface area (Å²) in [4.78, 5) is 2.53. The zero-order chi connectivity index (χ0) is 11.3. The van der Waals surface area contributed by atoms with Crippen LogP contribution in [0.1, 0.15) is 40.0 Å².